The highest BCUT2D eigenvalue weighted by Gasteiger charge is 2.27. The molecule has 1 amide bonds. The van der Waals surface area contributed by atoms with Crippen LogP contribution in [0.15, 0.2) is 36.4 Å². The minimum Gasteiger partial charge on any atom is -0.496 e. The number of benzene rings is 2. The highest BCUT2D eigenvalue weighted by Crippen LogP contribution is 2.32. The number of carbonyl (C=O) groups is 1. The molecule has 1 fully saturated rings. The standard InChI is InChI=1S/C26H35FN2O2/c1-17(2)23-14-24(18(3)13-25(23)31-5)19(4)28-26(30)21-7-6-12-29(16-21)15-20-8-10-22(27)11-9-20/h8-11,13-14,17,19,21H,6-7,12,15-16H2,1-5H3,(H,28,30)/t19-,21+/m1/s1. The normalized spacial score (nSPS) is 18.1. The lowest BCUT2D eigenvalue weighted by molar-refractivity contribution is -0.127. The van der Waals surface area contributed by atoms with Gasteiger partial charge in [-0.2, -0.15) is 0 Å². The third-order valence-corrected chi connectivity index (χ3v) is 6.26. The van der Waals surface area contributed by atoms with E-state index in [9.17, 15) is 9.18 Å². The van der Waals surface area contributed by atoms with Crippen LogP contribution in [0, 0.1) is 18.7 Å². The van der Waals surface area contributed by atoms with Crippen LogP contribution in [0.4, 0.5) is 4.39 Å². The fourth-order valence-corrected chi connectivity index (χ4v) is 4.48. The number of aryl methyl sites for hydroxylation is 1. The molecule has 0 saturated carbocycles. The number of nitrogens with one attached hydrogen (secondary N) is 1. The highest BCUT2D eigenvalue weighted by molar-refractivity contribution is 5.79. The van der Waals surface area contributed by atoms with Crippen molar-refractivity contribution in [2.75, 3.05) is 20.2 Å². The lowest BCUT2D eigenvalue weighted by atomic mass is 9.92. The van der Waals surface area contributed by atoms with Crippen molar-refractivity contribution in [3.63, 3.8) is 0 Å². The number of hydrogen-bond acceptors (Lipinski definition) is 3. The zero-order valence-electron chi connectivity index (χ0n) is 19.4. The van der Waals surface area contributed by atoms with Gasteiger partial charge in [0.25, 0.3) is 0 Å². The smallest absolute Gasteiger partial charge is 0.224 e. The Balaban J connectivity index is 1.65. The third-order valence-electron chi connectivity index (χ3n) is 6.26. The Kier molecular flexibility index (Phi) is 7.71. The zero-order chi connectivity index (χ0) is 22.5. The van der Waals surface area contributed by atoms with E-state index in [1.807, 2.05) is 12.1 Å². The van der Waals surface area contributed by atoms with E-state index in [0.29, 0.717) is 5.92 Å². The monoisotopic (exact) mass is 426 g/mol. The molecule has 1 saturated heterocycles. The van der Waals surface area contributed by atoms with Crippen molar-refractivity contribution in [3.05, 3.63) is 64.5 Å². The Bertz CT molecular complexity index is 895. The summed E-state index contributed by atoms with van der Waals surface area (Å²) in [7, 11) is 1.70. The predicted molar refractivity (Wildman–Crippen MR) is 123 cm³/mol. The van der Waals surface area contributed by atoms with Gasteiger partial charge in [0, 0.05) is 13.1 Å². The Morgan fingerprint density at radius 3 is 2.55 bits per heavy atom. The van der Waals surface area contributed by atoms with Crippen molar-refractivity contribution in [2.24, 2.45) is 5.92 Å². The molecule has 3 rings (SSSR count). The van der Waals surface area contributed by atoms with Crippen molar-refractivity contribution in [2.45, 2.75) is 59.0 Å². The van der Waals surface area contributed by atoms with Crippen molar-refractivity contribution in [1.29, 1.82) is 0 Å². The maximum absolute atomic E-state index is 13.2. The predicted octanol–water partition coefficient (Wildman–Crippen LogP) is 5.36. The van der Waals surface area contributed by atoms with Gasteiger partial charge in [-0.25, -0.2) is 4.39 Å². The fraction of sp³-hybridized carbons (Fsp3) is 0.500. The molecule has 5 heteroatoms. The largest absolute Gasteiger partial charge is 0.496 e. The molecule has 0 radical (unpaired) electrons. The molecule has 0 spiro atoms. The molecule has 2 aromatic carbocycles. The van der Waals surface area contributed by atoms with Crippen molar-refractivity contribution in [1.82, 2.24) is 10.2 Å². The minimum atomic E-state index is -0.219. The summed E-state index contributed by atoms with van der Waals surface area (Å²) in [4.78, 5) is 15.4. The minimum absolute atomic E-state index is 0.0280. The van der Waals surface area contributed by atoms with Crippen LogP contribution >= 0.6 is 0 Å². The van der Waals surface area contributed by atoms with Gasteiger partial charge >= 0.3 is 0 Å². The second-order valence-electron chi connectivity index (χ2n) is 9.04. The van der Waals surface area contributed by atoms with E-state index in [1.54, 1.807) is 7.11 Å². The Morgan fingerprint density at radius 2 is 1.90 bits per heavy atom. The molecule has 0 bridgehead atoms. The molecule has 31 heavy (non-hydrogen) atoms. The average molecular weight is 427 g/mol. The number of hydrogen-bond donors (Lipinski definition) is 1. The number of piperidine rings is 1. The highest BCUT2D eigenvalue weighted by atomic mass is 19.1. The molecule has 1 heterocycles. The SMILES string of the molecule is COc1cc(C)c([C@@H](C)NC(=O)[C@H]2CCCN(Cc3ccc(F)cc3)C2)cc1C(C)C. The second-order valence-corrected chi connectivity index (χ2v) is 9.04. The summed E-state index contributed by atoms with van der Waals surface area (Å²) in [6.45, 7) is 10.9. The molecule has 2 atom stereocenters. The first kappa shape index (κ1) is 23.3. The number of methoxy groups -OCH3 is 1. The first-order chi connectivity index (χ1) is 14.8. The van der Waals surface area contributed by atoms with Crippen LogP contribution in [0.2, 0.25) is 0 Å². The quantitative estimate of drug-likeness (QED) is 0.648. The molecule has 1 aliphatic rings. The maximum atomic E-state index is 13.2. The molecular weight excluding hydrogens is 391 g/mol. The summed E-state index contributed by atoms with van der Waals surface area (Å²) in [5.74, 6) is 1.11. The van der Waals surface area contributed by atoms with Crippen LogP contribution < -0.4 is 10.1 Å². The van der Waals surface area contributed by atoms with E-state index in [2.05, 4.69) is 50.0 Å². The summed E-state index contributed by atoms with van der Waals surface area (Å²) >= 11 is 0. The van der Waals surface area contributed by atoms with Crippen LogP contribution in [0.1, 0.15) is 67.8 Å². The Morgan fingerprint density at radius 1 is 1.19 bits per heavy atom. The van der Waals surface area contributed by atoms with Gasteiger partial charge in [0.1, 0.15) is 11.6 Å². The number of carbonyl (C=O) groups excluding carboxylic acids is 1. The third kappa shape index (κ3) is 5.85. The van der Waals surface area contributed by atoms with Crippen LogP contribution in [0.5, 0.6) is 5.75 Å². The van der Waals surface area contributed by atoms with Gasteiger partial charge in [-0.05, 0) is 85.7 Å². The molecule has 4 nitrogen and oxygen atoms in total. The van der Waals surface area contributed by atoms with Gasteiger partial charge < -0.3 is 10.1 Å². The average Bonchev–Trinajstić information content (AvgIpc) is 2.75. The lowest BCUT2D eigenvalue weighted by Crippen LogP contribution is -2.43. The number of halogens is 1. The van der Waals surface area contributed by atoms with Gasteiger partial charge in [0.05, 0.1) is 19.1 Å². The summed E-state index contributed by atoms with van der Waals surface area (Å²) in [5, 5.41) is 3.25. The number of likely N-dealkylation sites (tertiary alicyclic amines) is 1. The molecule has 1 N–H and O–H groups in total. The van der Waals surface area contributed by atoms with Gasteiger partial charge in [0.2, 0.25) is 5.91 Å². The van der Waals surface area contributed by atoms with Gasteiger partial charge in [-0.1, -0.05) is 26.0 Å². The summed E-state index contributed by atoms with van der Waals surface area (Å²) in [6, 6.07) is 10.8. The molecule has 1 aliphatic heterocycles. The van der Waals surface area contributed by atoms with Crippen LogP contribution in [-0.4, -0.2) is 31.0 Å². The van der Waals surface area contributed by atoms with Crippen molar-refractivity contribution in [3.8, 4) is 5.75 Å². The van der Waals surface area contributed by atoms with E-state index < -0.39 is 0 Å². The number of amides is 1. The lowest BCUT2D eigenvalue weighted by Gasteiger charge is -2.33. The van der Waals surface area contributed by atoms with Crippen LogP contribution in [0.3, 0.4) is 0 Å². The fourth-order valence-electron chi connectivity index (χ4n) is 4.48. The van der Waals surface area contributed by atoms with E-state index in [-0.39, 0.29) is 23.7 Å². The first-order valence-electron chi connectivity index (χ1n) is 11.2. The zero-order valence-corrected chi connectivity index (χ0v) is 19.4. The van der Waals surface area contributed by atoms with Gasteiger partial charge in [-0.3, -0.25) is 9.69 Å². The maximum Gasteiger partial charge on any atom is 0.224 e. The van der Waals surface area contributed by atoms with E-state index >= 15 is 0 Å². The topological polar surface area (TPSA) is 41.6 Å². The van der Waals surface area contributed by atoms with Crippen LogP contribution in [-0.2, 0) is 11.3 Å². The first-order valence-corrected chi connectivity index (χ1v) is 11.2. The van der Waals surface area contributed by atoms with Gasteiger partial charge in [0.15, 0.2) is 0 Å². The number of rotatable bonds is 7. The van der Waals surface area contributed by atoms with Crippen molar-refractivity contribution >= 4 is 5.91 Å². The molecule has 0 unspecified atom stereocenters. The molecule has 0 aliphatic carbocycles. The molecular formula is C26H35FN2O2. The number of ether oxygens (including phenoxy) is 1. The van der Waals surface area contributed by atoms with Gasteiger partial charge in [-0.15, -0.1) is 0 Å². The summed E-state index contributed by atoms with van der Waals surface area (Å²) in [6.07, 6.45) is 1.89. The summed E-state index contributed by atoms with van der Waals surface area (Å²) < 4.78 is 18.7. The molecule has 0 aromatic heterocycles. The van der Waals surface area contributed by atoms with Crippen molar-refractivity contribution < 1.29 is 13.9 Å². The Labute approximate surface area is 185 Å². The summed E-state index contributed by atoms with van der Waals surface area (Å²) in [5.41, 5.74) is 4.49. The van der Waals surface area contributed by atoms with Crippen LogP contribution in [0.25, 0.3) is 0 Å². The molecule has 168 valence electrons. The Hall–Kier alpha value is -2.40. The number of nitrogens with zero attached hydrogens (tertiary/aromatic N) is 1. The van der Waals surface area contributed by atoms with E-state index in [4.69, 9.17) is 4.74 Å². The molecule has 2 aromatic rings. The van der Waals surface area contributed by atoms with E-state index in [1.165, 1.54) is 12.1 Å². The second kappa shape index (κ2) is 10.3. The van der Waals surface area contributed by atoms with E-state index in [0.717, 1.165) is 60.5 Å².